The van der Waals surface area contributed by atoms with E-state index in [2.05, 4.69) is 13.0 Å². The maximum atomic E-state index is 13.0. The average Bonchev–Trinajstić information content (AvgIpc) is 3.44. The molecule has 2 aromatic heterocycles. The van der Waals surface area contributed by atoms with Crippen molar-refractivity contribution < 1.29 is 20.1 Å². The molecule has 50 heavy (non-hydrogen) atoms. The zero-order chi connectivity index (χ0) is 34.9. The van der Waals surface area contributed by atoms with Gasteiger partial charge in [0.1, 0.15) is 17.2 Å². The number of aromatic hydroxyl groups is 3. The summed E-state index contributed by atoms with van der Waals surface area (Å²) in [7, 11) is 0. The second-order valence-corrected chi connectivity index (χ2v) is 13.8. The highest BCUT2D eigenvalue weighted by Crippen LogP contribution is 2.35. The largest absolute Gasteiger partial charge is 0.508 e. The fraction of sp³-hybridized carbons (Fsp3) is 0.372. The molecule has 0 bridgehead atoms. The molecule has 2 heterocycles. The maximum absolute atomic E-state index is 13.0. The van der Waals surface area contributed by atoms with Gasteiger partial charge in [-0.15, -0.1) is 0 Å². The van der Waals surface area contributed by atoms with Gasteiger partial charge in [0, 0.05) is 36.1 Å². The standard InChI is InChI=1S/C43H49N3O4/c1-2-3-4-5-6-7-8-9-10-11-12-13-34-28-37(41(34)49)32-18-14-30(15-19-32)27-39-43(50)46-29-40(33-20-24-36(48)25-21-33)44-38(42(46)45-39)26-31-16-22-35(47)23-17-31/h14-25,28-29,34,47-48,50H,2-13,26-27H2,1H3. The highest BCUT2D eigenvalue weighted by Gasteiger charge is 2.30. The van der Waals surface area contributed by atoms with Crippen molar-refractivity contribution >= 4 is 17.0 Å². The van der Waals surface area contributed by atoms with Crippen LogP contribution in [-0.4, -0.2) is 35.5 Å². The predicted octanol–water partition coefficient (Wildman–Crippen LogP) is 9.98. The number of rotatable bonds is 18. The molecular formula is C43H49N3O4. The number of carbonyl (C=O) groups is 1. The van der Waals surface area contributed by atoms with Crippen LogP contribution >= 0.6 is 0 Å². The van der Waals surface area contributed by atoms with Gasteiger partial charge in [0.25, 0.3) is 0 Å². The molecule has 7 heteroatoms. The molecule has 0 radical (unpaired) electrons. The number of phenols is 2. The molecule has 0 fully saturated rings. The number of unbranched alkanes of at least 4 members (excludes halogenated alkanes) is 10. The normalized spacial score (nSPS) is 14.2. The van der Waals surface area contributed by atoms with Crippen molar-refractivity contribution in [2.45, 2.75) is 96.8 Å². The Kier molecular flexibility index (Phi) is 11.6. The minimum atomic E-state index is 0.0422. The summed E-state index contributed by atoms with van der Waals surface area (Å²) in [6.07, 6.45) is 20.1. The molecule has 260 valence electrons. The summed E-state index contributed by atoms with van der Waals surface area (Å²) in [5, 5.41) is 30.9. The first-order valence-electron chi connectivity index (χ1n) is 18.4. The van der Waals surface area contributed by atoms with Crippen molar-refractivity contribution in [2.75, 3.05) is 0 Å². The molecule has 0 saturated carbocycles. The lowest BCUT2D eigenvalue weighted by Gasteiger charge is -2.24. The van der Waals surface area contributed by atoms with Gasteiger partial charge in [-0.25, -0.2) is 9.97 Å². The summed E-state index contributed by atoms with van der Waals surface area (Å²) in [6, 6.07) is 21.7. The number of aromatic nitrogens is 3. The SMILES string of the molecule is CCCCCCCCCCCCCC1C=C(c2ccc(Cc3nc4c(Cc5ccc(O)cc5)nc(-c5ccc(O)cc5)cn4c3O)cc2)C1=O. The summed E-state index contributed by atoms with van der Waals surface area (Å²) in [5.74, 6) is 0.694. The van der Waals surface area contributed by atoms with Crippen LogP contribution in [0, 0.1) is 5.92 Å². The summed E-state index contributed by atoms with van der Waals surface area (Å²) in [6.45, 7) is 2.26. The van der Waals surface area contributed by atoms with Crippen molar-refractivity contribution in [3.05, 3.63) is 113 Å². The number of carbonyl (C=O) groups excluding carboxylic acids is 1. The average molecular weight is 672 g/mol. The van der Waals surface area contributed by atoms with Crippen LogP contribution < -0.4 is 0 Å². The summed E-state index contributed by atoms with van der Waals surface area (Å²) in [4.78, 5) is 22.7. The second kappa shape index (κ2) is 16.7. The number of phenolic OH excluding ortho intramolecular Hbond substituents is 2. The van der Waals surface area contributed by atoms with Gasteiger partial charge in [-0.1, -0.05) is 120 Å². The van der Waals surface area contributed by atoms with Crippen LogP contribution in [0.5, 0.6) is 17.4 Å². The lowest BCUT2D eigenvalue weighted by atomic mass is 9.78. The molecule has 6 rings (SSSR count). The van der Waals surface area contributed by atoms with E-state index in [0.29, 0.717) is 35.6 Å². The van der Waals surface area contributed by atoms with E-state index in [1.807, 2.05) is 36.4 Å². The monoisotopic (exact) mass is 671 g/mol. The topological polar surface area (TPSA) is 108 Å². The molecule has 0 spiro atoms. The van der Waals surface area contributed by atoms with Crippen LogP contribution in [0.1, 0.15) is 112 Å². The number of hydrogen-bond acceptors (Lipinski definition) is 6. The Morgan fingerprint density at radius 3 is 1.74 bits per heavy atom. The van der Waals surface area contributed by atoms with Gasteiger partial charge >= 0.3 is 0 Å². The molecule has 0 saturated heterocycles. The summed E-state index contributed by atoms with van der Waals surface area (Å²) >= 11 is 0. The van der Waals surface area contributed by atoms with E-state index in [1.54, 1.807) is 47.0 Å². The van der Waals surface area contributed by atoms with Crippen LogP contribution in [0.4, 0.5) is 0 Å². The third kappa shape index (κ3) is 8.62. The Morgan fingerprint density at radius 1 is 0.620 bits per heavy atom. The van der Waals surface area contributed by atoms with E-state index >= 15 is 0 Å². The van der Waals surface area contributed by atoms with Crippen molar-refractivity contribution in [1.29, 1.82) is 0 Å². The van der Waals surface area contributed by atoms with E-state index in [1.165, 1.54) is 64.2 Å². The third-order valence-electron chi connectivity index (χ3n) is 9.92. The van der Waals surface area contributed by atoms with E-state index < -0.39 is 0 Å². The fourth-order valence-corrected chi connectivity index (χ4v) is 6.90. The van der Waals surface area contributed by atoms with Crippen LogP contribution in [0.3, 0.4) is 0 Å². The molecule has 1 aliphatic carbocycles. The smallest absolute Gasteiger partial charge is 0.219 e. The van der Waals surface area contributed by atoms with Gasteiger partial charge < -0.3 is 15.3 Å². The van der Waals surface area contributed by atoms with Crippen LogP contribution in [0.2, 0.25) is 0 Å². The highest BCUT2D eigenvalue weighted by molar-refractivity contribution is 6.28. The van der Waals surface area contributed by atoms with Crippen molar-refractivity contribution in [3.63, 3.8) is 0 Å². The Balaban J connectivity index is 1.08. The Hall–Kier alpha value is -4.91. The number of nitrogens with zero attached hydrogens (tertiary/aromatic N) is 3. The zero-order valence-electron chi connectivity index (χ0n) is 29.2. The van der Waals surface area contributed by atoms with Crippen molar-refractivity contribution in [3.8, 4) is 28.6 Å². The lowest BCUT2D eigenvalue weighted by molar-refractivity contribution is -0.117. The first kappa shape index (κ1) is 34.9. The quantitative estimate of drug-likeness (QED) is 0.0801. The second-order valence-electron chi connectivity index (χ2n) is 13.8. The molecule has 0 amide bonds. The predicted molar refractivity (Wildman–Crippen MR) is 199 cm³/mol. The van der Waals surface area contributed by atoms with Crippen LogP contribution in [0.25, 0.3) is 22.5 Å². The van der Waals surface area contributed by atoms with Gasteiger partial charge in [0.05, 0.1) is 11.4 Å². The van der Waals surface area contributed by atoms with Gasteiger partial charge in [-0.2, -0.15) is 0 Å². The summed E-state index contributed by atoms with van der Waals surface area (Å²) < 4.78 is 1.67. The van der Waals surface area contributed by atoms with Crippen LogP contribution in [-0.2, 0) is 17.6 Å². The fourth-order valence-electron chi connectivity index (χ4n) is 6.90. The van der Waals surface area contributed by atoms with Gasteiger partial charge in [0.2, 0.25) is 5.88 Å². The Labute approximate surface area is 295 Å². The molecule has 3 aromatic carbocycles. The number of fused-ring (bicyclic) bond motifs is 1. The lowest BCUT2D eigenvalue weighted by Crippen LogP contribution is -2.23. The minimum Gasteiger partial charge on any atom is -0.508 e. The number of hydrogen-bond donors (Lipinski definition) is 3. The van der Waals surface area contributed by atoms with Crippen molar-refractivity contribution in [1.82, 2.24) is 14.4 Å². The van der Waals surface area contributed by atoms with E-state index in [-0.39, 0.29) is 29.1 Å². The van der Waals surface area contributed by atoms with Gasteiger partial charge in [-0.05, 0) is 59.5 Å². The number of imidazole rings is 1. The van der Waals surface area contributed by atoms with E-state index in [0.717, 1.165) is 40.7 Å². The highest BCUT2D eigenvalue weighted by atomic mass is 16.3. The third-order valence-corrected chi connectivity index (χ3v) is 9.92. The van der Waals surface area contributed by atoms with E-state index in [9.17, 15) is 20.1 Å². The zero-order valence-corrected chi connectivity index (χ0v) is 29.2. The van der Waals surface area contributed by atoms with Gasteiger partial charge in [-0.3, -0.25) is 9.20 Å². The maximum Gasteiger partial charge on any atom is 0.219 e. The number of Topliss-reactive ketones (excluding diaryl/α,β-unsaturated/α-hetero) is 1. The minimum absolute atomic E-state index is 0.0422. The molecule has 5 aromatic rings. The summed E-state index contributed by atoms with van der Waals surface area (Å²) in [5.41, 5.74) is 6.86. The van der Waals surface area contributed by atoms with Gasteiger partial charge in [0.15, 0.2) is 11.4 Å². The van der Waals surface area contributed by atoms with Crippen LogP contribution in [0.15, 0.2) is 85.1 Å². The molecule has 7 nitrogen and oxygen atoms in total. The molecule has 0 aliphatic heterocycles. The Bertz CT molecular complexity index is 1910. The molecule has 1 unspecified atom stereocenters. The Morgan fingerprint density at radius 2 is 1.14 bits per heavy atom. The number of ketones is 1. The first-order chi connectivity index (χ1) is 24.4. The molecule has 1 aliphatic rings. The number of benzene rings is 3. The number of allylic oxidation sites excluding steroid dienone is 2. The first-order valence-corrected chi connectivity index (χ1v) is 18.4. The van der Waals surface area contributed by atoms with E-state index in [4.69, 9.17) is 9.97 Å². The van der Waals surface area contributed by atoms with Crippen molar-refractivity contribution in [2.24, 2.45) is 5.92 Å². The molecular weight excluding hydrogens is 622 g/mol. The molecule has 3 N–H and O–H groups in total. The molecule has 1 atom stereocenters.